The zero-order valence-corrected chi connectivity index (χ0v) is 19.7. The van der Waals surface area contributed by atoms with Crippen LogP contribution < -0.4 is 4.72 Å². The molecule has 2 N–H and O–H groups in total. The van der Waals surface area contributed by atoms with Gasteiger partial charge in [0, 0.05) is 12.1 Å². The van der Waals surface area contributed by atoms with Gasteiger partial charge in [0.1, 0.15) is 0 Å². The third kappa shape index (κ3) is 6.00. The lowest BCUT2D eigenvalue weighted by atomic mass is 9.48. The molecule has 1 aromatic carbocycles. The van der Waals surface area contributed by atoms with Crippen LogP contribution in [0.1, 0.15) is 63.5 Å². The number of rotatable bonds is 11. The lowest BCUT2D eigenvalue weighted by Crippen LogP contribution is -2.51. The predicted molar refractivity (Wildman–Crippen MR) is 124 cm³/mol. The Kier molecular flexibility index (Phi) is 7.30. The summed E-state index contributed by atoms with van der Waals surface area (Å²) in [6.07, 6.45) is 8.78. The van der Waals surface area contributed by atoms with Crippen LogP contribution in [0.3, 0.4) is 0 Å². The molecule has 0 aromatic heterocycles. The summed E-state index contributed by atoms with van der Waals surface area (Å²) in [7, 11) is -3.41. The fourth-order valence-electron chi connectivity index (χ4n) is 4.86. The minimum Gasteiger partial charge on any atom is -0.481 e. The number of sulfonamides is 1. The van der Waals surface area contributed by atoms with E-state index in [1.807, 2.05) is 37.3 Å². The summed E-state index contributed by atoms with van der Waals surface area (Å²) < 4.78 is 28.6. The van der Waals surface area contributed by atoms with E-state index in [1.165, 1.54) is 11.1 Å². The van der Waals surface area contributed by atoms with Crippen LogP contribution in [0, 0.1) is 24.2 Å². The average molecular weight is 446 g/mol. The molecule has 170 valence electrons. The smallest absolute Gasteiger partial charge is 0.303 e. The van der Waals surface area contributed by atoms with Gasteiger partial charge in [-0.05, 0) is 73.8 Å². The zero-order valence-electron chi connectivity index (χ0n) is 18.9. The molecule has 0 amide bonds. The molecule has 1 fully saturated rings. The molecule has 1 aromatic rings. The van der Waals surface area contributed by atoms with E-state index in [2.05, 4.69) is 24.6 Å². The quantitative estimate of drug-likeness (QED) is 0.372. The molecule has 2 atom stereocenters. The second-order valence-corrected chi connectivity index (χ2v) is 11.5. The molecule has 0 spiro atoms. The summed E-state index contributed by atoms with van der Waals surface area (Å²) in [6.45, 7) is 6.59. The van der Waals surface area contributed by atoms with Crippen molar-refractivity contribution in [1.29, 1.82) is 0 Å². The number of hydrogen-bond donors (Lipinski definition) is 2. The van der Waals surface area contributed by atoms with Gasteiger partial charge < -0.3 is 5.11 Å². The van der Waals surface area contributed by atoms with E-state index in [4.69, 9.17) is 5.11 Å². The molecule has 6 heteroatoms. The molecule has 3 aliphatic rings. The van der Waals surface area contributed by atoms with Gasteiger partial charge in [0.15, 0.2) is 0 Å². The van der Waals surface area contributed by atoms with Gasteiger partial charge in [-0.3, -0.25) is 9.52 Å². The second-order valence-electron chi connectivity index (χ2n) is 9.63. The van der Waals surface area contributed by atoms with Crippen molar-refractivity contribution in [3.05, 3.63) is 58.8 Å². The number of benzene rings is 1. The zero-order chi connectivity index (χ0) is 22.6. The lowest BCUT2D eigenvalue weighted by Gasteiger charge is -2.58. The van der Waals surface area contributed by atoms with Crippen LogP contribution in [0.15, 0.2) is 47.7 Å². The fourth-order valence-corrected chi connectivity index (χ4v) is 6.06. The molecule has 31 heavy (non-hydrogen) atoms. The van der Waals surface area contributed by atoms with Gasteiger partial charge >= 0.3 is 5.97 Å². The number of unbranched alkanes of at least 4 members (excludes halogenated alkanes) is 1. The van der Waals surface area contributed by atoms with Crippen LogP contribution in [0.4, 0.5) is 0 Å². The highest BCUT2D eigenvalue weighted by Crippen LogP contribution is 2.61. The van der Waals surface area contributed by atoms with Gasteiger partial charge in [0.25, 0.3) is 0 Å². The van der Waals surface area contributed by atoms with Gasteiger partial charge in [0.05, 0.1) is 5.75 Å². The highest BCUT2D eigenvalue weighted by molar-refractivity contribution is 7.89. The number of aliphatic carboxylic acids is 1. The van der Waals surface area contributed by atoms with E-state index in [1.54, 1.807) is 0 Å². The number of fused-ring (bicyclic) bond motifs is 1. The van der Waals surface area contributed by atoms with Gasteiger partial charge in [-0.1, -0.05) is 55.8 Å². The van der Waals surface area contributed by atoms with Crippen LogP contribution in [-0.2, 0) is 21.2 Å². The van der Waals surface area contributed by atoms with E-state index in [9.17, 15) is 13.2 Å². The molecule has 1 saturated carbocycles. The Morgan fingerprint density at radius 1 is 1.23 bits per heavy atom. The Hall–Kier alpha value is -2.08. The van der Waals surface area contributed by atoms with Gasteiger partial charge in [-0.25, -0.2) is 8.42 Å². The van der Waals surface area contributed by atoms with Gasteiger partial charge in [0.2, 0.25) is 10.0 Å². The van der Waals surface area contributed by atoms with Gasteiger partial charge in [-0.15, -0.1) is 0 Å². The second kappa shape index (κ2) is 9.60. The van der Waals surface area contributed by atoms with Gasteiger partial charge in [-0.2, -0.15) is 0 Å². The molecule has 5 nitrogen and oxygen atoms in total. The normalized spacial score (nSPS) is 22.4. The average Bonchev–Trinajstić information content (AvgIpc) is 2.70. The summed E-state index contributed by atoms with van der Waals surface area (Å²) in [5.74, 6) is 0.240. The number of hydrogen-bond acceptors (Lipinski definition) is 3. The first kappa shape index (κ1) is 23.6. The van der Waals surface area contributed by atoms with E-state index in [-0.39, 0.29) is 17.6 Å². The van der Waals surface area contributed by atoms with Crippen LogP contribution in [0.2, 0.25) is 0 Å². The van der Waals surface area contributed by atoms with Crippen LogP contribution in [0.25, 0.3) is 0 Å². The van der Waals surface area contributed by atoms with Crippen molar-refractivity contribution in [2.75, 3.05) is 5.75 Å². The number of carbonyl (C=O) groups is 1. The maximum Gasteiger partial charge on any atom is 0.303 e. The number of aryl methyl sites for hydroxylation is 2. The summed E-state index contributed by atoms with van der Waals surface area (Å²) >= 11 is 0. The molecular formula is C25H35NO4S. The summed E-state index contributed by atoms with van der Waals surface area (Å²) in [5, 5.41) is 8.75. The fraction of sp³-hybridized carbons (Fsp3) is 0.560. The van der Waals surface area contributed by atoms with Crippen molar-refractivity contribution in [2.24, 2.45) is 17.3 Å². The first-order chi connectivity index (χ1) is 14.6. The molecule has 2 bridgehead atoms. The number of nitrogens with one attached hydrogen (secondary N) is 1. The molecule has 0 heterocycles. The number of carboxylic acids is 1. The van der Waals surface area contributed by atoms with Crippen LogP contribution >= 0.6 is 0 Å². The molecule has 0 aliphatic heterocycles. The maximum atomic E-state index is 12.8. The molecule has 2 unspecified atom stereocenters. The summed E-state index contributed by atoms with van der Waals surface area (Å²) in [5.41, 5.74) is 4.51. The Bertz CT molecular complexity index is 958. The molecule has 3 aliphatic carbocycles. The highest BCUT2D eigenvalue weighted by Gasteiger charge is 2.53. The largest absolute Gasteiger partial charge is 0.481 e. The molecule has 0 radical (unpaired) electrons. The standard InChI is InChI=1S/C25H35NO4S/c1-18-10-12-19(13-11-18)14-15-31(29,30)26-23-17-20-16-22(25(20,2)3)21(23)8-6-4-5-7-9-24(27)28/h4,6,10-13,20,22,26H,5,7-9,14-17H2,1-3H3,(H,27,28). The minimum atomic E-state index is -3.41. The first-order valence-corrected chi connectivity index (χ1v) is 12.9. The molecular weight excluding hydrogens is 410 g/mol. The third-order valence-corrected chi connectivity index (χ3v) is 8.35. The Morgan fingerprint density at radius 2 is 1.94 bits per heavy atom. The van der Waals surface area contributed by atoms with Crippen molar-refractivity contribution in [3.8, 4) is 0 Å². The van der Waals surface area contributed by atoms with Crippen LogP contribution in [-0.4, -0.2) is 25.2 Å². The van der Waals surface area contributed by atoms with Crippen molar-refractivity contribution >= 4 is 16.0 Å². The maximum absolute atomic E-state index is 12.8. The minimum absolute atomic E-state index is 0.0800. The first-order valence-electron chi connectivity index (χ1n) is 11.2. The monoisotopic (exact) mass is 445 g/mol. The van der Waals surface area contributed by atoms with E-state index >= 15 is 0 Å². The highest BCUT2D eigenvalue weighted by atomic mass is 32.2. The van der Waals surface area contributed by atoms with E-state index in [0.717, 1.165) is 36.9 Å². The predicted octanol–water partition coefficient (Wildman–Crippen LogP) is 4.98. The van der Waals surface area contributed by atoms with E-state index < -0.39 is 16.0 Å². The summed E-state index contributed by atoms with van der Waals surface area (Å²) in [6, 6.07) is 8.00. The van der Waals surface area contributed by atoms with E-state index in [0.29, 0.717) is 24.7 Å². The Morgan fingerprint density at radius 3 is 2.58 bits per heavy atom. The van der Waals surface area contributed by atoms with Crippen molar-refractivity contribution in [3.63, 3.8) is 0 Å². The van der Waals surface area contributed by atoms with Crippen molar-refractivity contribution in [1.82, 2.24) is 4.72 Å². The number of carboxylic acid groups (broad SMARTS) is 1. The Labute approximate surface area is 186 Å². The number of allylic oxidation sites excluding steroid dienone is 4. The topological polar surface area (TPSA) is 83.5 Å². The van der Waals surface area contributed by atoms with Crippen LogP contribution in [0.5, 0.6) is 0 Å². The molecule has 0 saturated heterocycles. The SMILES string of the molecule is Cc1ccc(CCS(=O)(=O)NC2=C(CC=CCCCC(=O)O)C3CC(C2)C3(C)C)cc1. The third-order valence-electron chi connectivity index (χ3n) is 7.05. The van der Waals surface area contributed by atoms with Crippen molar-refractivity contribution in [2.45, 2.75) is 65.7 Å². The summed E-state index contributed by atoms with van der Waals surface area (Å²) in [4.78, 5) is 10.6. The van der Waals surface area contributed by atoms with Crippen molar-refractivity contribution < 1.29 is 18.3 Å². The lowest BCUT2D eigenvalue weighted by molar-refractivity contribution is -0.137. The Balaban J connectivity index is 1.66. The molecule has 4 rings (SSSR count).